The quantitative estimate of drug-likeness (QED) is 0.903. The minimum Gasteiger partial charge on any atom is -0.381 e. The van der Waals surface area contributed by atoms with E-state index >= 15 is 0 Å². The Labute approximate surface area is 130 Å². The lowest BCUT2D eigenvalue weighted by atomic mass is 9.61. The number of likely N-dealkylation sites (tertiary alicyclic amines) is 1. The molecule has 0 radical (unpaired) electrons. The second-order valence-corrected chi connectivity index (χ2v) is 7.18. The molecule has 1 spiro atoms. The SMILES string of the molecule is COC1CC2(C1)CN(C(=O)c1n[nH]c3c1C[C@H](C)O[C@@H]3C)C2. The molecule has 1 aromatic heterocycles. The predicted octanol–water partition coefficient (Wildman–Crippen LogP) is 1.68. The van der Waals surface area contributed by atoms with E-state index in [9.17, 15) is 4.79 Å². The number of methoxy groups -OCH3 is 1. The lowest BCUT2D eigenvalue weighted by Crippen LogP contribution is -2.65. The number of nitrogens with zero attached hydrogens (tertiary/aromatic N) is 2. The van der Waals surface area contributed by atoms with Crippen molar-refractivity contribution in [2.45, 2.75) is 51.4 Å². The molecule has 1 saturated heterocycles. The van der Waals surface area contributed by atoms with E-state index in [2.05, 4.69) is 10.2 Å². The van der Waals surface area contributed by atoms with Crippen molar-refractivity contribution >= 4 is 5.91 Å². The van der Waals surface area contributed by atoms with E-state index in [1.54, 1.807) is 7.11 Å². The predicted molar refractivity (Wildman–Crippen MR) is 79.6 cm³/mol. The highest BCUT2D eigenvalue weighted by Gasteiger charge is 2.54. The van der Waals surface area contributed by atoms with E-state index < -0.39 is 0 Å². The second kappa shape index (κ2) is 4.80. The molecule has 6 nitrogen and oxygen atoms in total. The zero-order valence-electron chi connectivity index (χ0n) is 13.4. The van der Waals surface area contributed by atoms with Crippen LogP contribution in [0.3, 0.4) is 0 Å². The first kappa shape index (κ1) is 14.2. The fourth-order valence-corrected chi connectivity index (χ4v) is 4.24. The summed E-state index contributed by atoms with van der Waals surface area (Å²) >= 11 is 0. The number of amides is 1. The highest BCUT2D eigenvalue weighted by molar-refractivity contribution is 5.94. The highest BCUT2D eigenvalue weighted by Crippen LogP contribution is 2.49. The molecule has 4 rings (SSSR count). The summed E-state index contributed by atoms with van der Waals surface area (Å²) in [7, 11) is 1.76. The summed E-state index contributed by atoms with van der Waals surface area (Å²) in [6, 6.07) is 0. The number of ether oxygens (including phenoxy) is 2. The Morgan fingerprint density at radius 2 is 2.14 bits per heavy atom. The summed E-state index contributed by atoms with van der Waals surface area (Å²) < 4.78 is 11.1. The van der Waals surface area contributed by atoms with Crippen LogP contribution in [0, 0.1) is 5.41 Å². The molecule has 3 heterocycles. The van der Waals surface area contributed by atoms with E-state index in [-0.39, 0.29) is 18.1 Å². The van der Waals surface area contributed by atoms with Crippen LogP contribution in [0.4, 0.5) is 0 Å². The van der Waals surface area contributed by atoms with E-state index in [0.717, 1.165) is 43.6 Å². The molecule has 1 saturated carbocycles. The van der Waals surface area contributed by atoms with Gasteiger partial charge in [0, 0.05) is 37.6 Å². The number of hydrogen-bond donors (Lipinski definition) is 1. The first-order valence-electron chi connectivity index (χ1n) is 8.06. The van der Waals surface area contributed by atoms with Gasteiger partial charge in [-0.1, -0.05) is 0 Å². The molecule has 6 heteroatoms. The van der Waals surface area contributed by atoms with Gasteiger partial charge in [0.05, 0.1) is 24.0 Å². The van der Waals surface area contributed by atoms with Gasteiger partial charge < -0.3 is 14.4 Å². The van der Waals surface area contributed by atoms with Gasteiger partial charge in [-0.3, -0.25) is 9.89 Å². The first-order chi connectivity index (χ1) is 10.5. The summed E-state index contributed by atoms with van der Waals surface area (Å²) in [4.78, 5) is 14.6. The van der Waals surface area contributed by atoms with Gasteiger partial charge in [0.2, 0.25) is 0 Å². The number of hydrogen-bond acceptors (Lipinski definition) is 4. The molecule has 1 aliphatic carbocycles. The van der Waals surface area contributed by atoms with Crippen LogP contribution in [0.2, 0.25) is 0 Å². The van der Waals surface area contributed by atoms with Gasteiger partial charge in [-0.25, -0.2) is 0 Å². The van der Waals surface area contributed by atoms with Crippen molar-refractivity contribution in [3.63, 3.8) is 0 Å². The first-order valence-corrected chi connectivity index (χ1v) is 8.06. The van der Waals surface area contributed by atoms with Crippen LogP contribution in [0.25, 0.3) is 0 Å². The molecule has 2 fully saturated rings. The minimum absolute atomic E-state index is 0.0235. The summed E-state index contributed by atoms with van der Waals surface area (Å²) in [5, 5.41) is 7.29. The number of carbonyl (C=O) groups excluding carboxylic acids is 1. The van der Waals surface area contributed by atoms with E-state index in [0.29, 0.717) is 17.2 Å². The molecule has 0 aromatic carbocycles. The van der Waals surface area contributed by atoms with E-state index in [1.807, 2.05) is 18.7 Å². The summed E-state index contributed by atoms with van der Waals surface area (Å²) in [5.74, 6) is 0.0605. The fourth-order valence-electron chi connectivity index (χ4n) is 4.24. The number of nitrogens with one attached hydrogen (secondary N) is 1. The lowest BCUT2D eigenvalue weighted by molar-refractivity contribution is -0.126. The Balaban J connectivity index is 1.47. The molecule has 120 valence electrons. The Bertz CT molecular complexity index is 598. The van der Waals surface area contributed by atoms with Crippen LogP contribution in [0.5, 0.6) is 0 Å². The summed E-state index contributed by atoms with van der Waals surface area (Å²) in [6.07, 6.45) is 3.39. The molecule has 22 heavy (non-hydrogen) atoms. The van der Waals surface area contributed by atoms with Gasteiger partial charge in [0.15, 0.2) is 5.69 Å². The zero-order chi connectivity index (χ0) is 15.5. The lowest BCUT2D eigenvalue weighted by Gasteiger charge is -2.58. The van der Waals surface area contributed by atoms with Gasteiger partial charge in [0.25, 0.3) is 5.91 Å². The second-order valence-electron chi connectivity index (χ2n) is 7.18. The molecule has 0 bridgehead atoms. The average Bonchev–Trinajstić information content (AvgIpc) is 2.79. The fraction of sp³-hybridized carbons (Fsp3) is 0.750. The van der Waals surface area contributed by atoms with E-state index in [1.165, 1.54) is 0 Å². The van der Waals surface area contributed by atoms with Crippen molar-refractivity contribution in [1.82, 2.24) is 15.1 Å². The van der Waals surface area contributed by atoms with Crippen LogP contribution >= 0.6 is 0 Å². The van der Waals surface area contributed by atoms with Crippen LogP contribution < -0.4 is 0 Å². The number of rotatable bonds is 2. The number of carbonyl (C=O) groups is 1. The van der Waals surface area contributed by atoms with Crippen LogP contribution in [0.1, 0.15) is 54.5 Å². The normalized spacial score (nSPS) is 29.9. The maximum absolute atomic E-state index is 12.7. The standard InChI is InChI=1S/C16H23N3O3/c1-9-4-12-13(10(2)22-9)17-18-14(12)15(20)19-7-16(8-19)5-11(6-16)21-3/h9-11H,4-8H2,1-3H3,(H,17,18)/t9-,10+/m0/s1. The number of fused-ring (bicyclic) bond motifs is 1. The maximum atomic E-state index is 12.7. The number of aromatic amines is 1. The molecule has 2 aliphatic heterocycles. The van der Waals surface area contributed by atoms with Crippen LogP contribution in [-0.2, 0) is 15.9 Å². The smallest absolute Gasteiger partial charge is 0.274 e. The Morgan fingerprint density at radius 3 is 2.82 bits per heavy atom. The molecule has 0 unspecified atom stereocenters. The third-order valence-electron chi connectivity index (χ3n) is 5.43. The van der Waals surface area contributed by atoms with E-state index in [4.69, 9.17) is 9.47 Å². The van der Waals surface area contributed by atoms with Crippen molar-refractivity contribution in [2.75, 3.05) is 20.2 Å². The van der Waals surface area contributed by atoms with Crippen molar-refractivity contribution < 1.29 is 14.3 Å². The van der Waals surface area contributed by atoms with Crippen molar-refractivity contribution in [3.05, 3.63) is 17.0 Å². The highest BCUT2D eigenvalue weighted by atomic mass is 16.5. The average molecular weight is 305 g/mol. The van der Waals surface area contributed by atoms with Gasteiger partial charge >= 0.3 is 0 Å². The molecular weight excluding hydrogens is 282 g/mol. The van der Waals surface area contributed by atoms with Crippen molar-refractivity contribution in [3.8, 4) is 0 Å². The third kappa shape index (κ3) is 2.01. The minimum atomic E-state index is -0.0235. The van der Waals surface area contributed by atoms with Crippen molar-refractivity contribution in [1.29, 1.82) is 0 Å². The Kier molecular flexibility index (Phi) is 3.10. The summed E-state index contributed by atoms with van der Waals surface area (Å²) in [5.41, 5.74) is 2.91. The molecule has 1 aromatic rings. The van der Waals surface area contributed by atoms with Crippen molar-refractivity contribution in [2.24, 2.45) is 5.41 Å². The zero-order valence-corrected chi connectivity index (χ0v) is 13.4. The van der Waals surface area contributed by atoms with Crippen LogP contribution in [0.15, 0.2) is 0 Å². The topological polar surface area (TPSA) is 67.5 Å². The Hall–Kier alpha value is -1.40. The van der Waals surface area contributed by atoms with Gasteiger partial charge in [0.1, 0.15) is 0 Å². The van der Waals surface area contributed by atoms with Gasteiger partial charge in [-0.2, -0.15) is 5.10 Å². The van der Waals surface area contributed by atoms with Gasteiger partial charge in [-0.05, 0) is 26.7 Å². The number of H-pyrrole nitrogens is 1. The maximum Gasteiger partial charge on any atom is 0.274 e. The van der Waals surface area contributed by atoms with Gasteiger partial charge in [-0.15, -0.1) is 0 Å². The molecule has 1 amide bonds. The molecular formula is C16H23N3O3. The molecule has 1 N–H and O–H groups in total. The van der Waals surface area contributed by atoms with Crippen LogP contribution in [-0.4, -0.2) is 53.4 Å². The monoisotopic (exact) mass is 305 g/mol. The largest absolute Gasteiger partial charge is 0.381 e. The Morgan fingerprint density at radius 1 is 1.41 bits per heavy atom. The molecule has 2 atom stereocenters. The number of aromatic nitrogens is 2. The third-order valence-corrected chi connectivity index (χ3v) is 5.43. The molecule has 3 aliphatic rings. The summed E-state index contributed by atoms with van der Waals surface area (Å²) in [6.45, 7) is 5.72.